The Kier molecular flexibility index (Phi) is 2.60. The molecule has 2 aromatic rings. The summed E-state index contributed by atoms with van der Waals surface area (Å²) in [6, 6.07) is 5.72. The number of nitrogens with zero attached hydrogens (tertiary/aromatic N) is 1. The van der Waals surface area contributed by atoms with E-state index >= 15 is 0 Å². The highest BCUT2D eigenvalue weighted by molar-refractivity contribution is 5.64. The number of hydrogen-bond acceptors (Lipinski definition) is 2. The summed E-state index contributed by atoms with van der Waals surface area (Å²) in [4.78, 5) is 17.9. The average Bonchev–Trinajstić information content (AvgIpc) is 2.23. The molecule has 0 saturated heterocycles. The number of benzene rings is 1. The molecule has 0 aliphatic rings. The van der Waals surface area contributed by atoms with Gasteiger partial charge in [-0.15, -0.1) is 0 Å². The molecule has 0 radical (unpaired) electrons. The summed E-state index contributed by atoms with van der Waals surface area (Å²) in [5.74, 6) is 0. The minimum absolute atomic E-state index is 0.123. The predicted molar refractivity (Wildman–Crippen MR) is 64.5 cm³/mol. The number of aromatic nitrogens is 2. The van der Waals surface area contributed by atoms with Crippen LogP contribution in [-0.4, -0.2) is 9.97 Å². The highest BCUT2D eigenvalue weighted by atomic mass is 16.1. The molecule has 1 aromatic carbocycles. The topological polar surface area (TPSA) is 45.8 Å². The standard InChI is InChI=1S/C13H14N2O/c1-8-4-10(3)11(5-9(8)2)12-6-13(16)15-7-14-12/h4-7H,1-3H3,(H,14,15,16). The molecule has 0 saturated carbocycles. The van der Waals surface area contributed by atoms with Gasteiger partial charge in [0.1, 0.15) is 0 Å². The van der Waals surface area contributed by atoms with Crippen LogP contribution in [0.25, 0.3) is 11.3 Å². The van der Waals surface area contributed by atoms with Gasteiger partial charge in [0.15, 0.2) is 0 Å². The Morgan fingerprint density at radius 1 is 1.00 bits per heavy atom. The Labute approximate surface area is 94.2 Å². The van der Waals surface area contributed by atoms with Crippen molar-refractivity contribution < 1.29 is 0 Å². The fourth-order valence-corrected chi connectivity index (χ4v) is 1.75. The third-order valence-electron chi connectivity index (χ3n) is 2.79. The van der Waals surface area contributed by atoms with E-state index in [4.69, 9.17) is 0 Å². The lowest BCUT2D eigenvalue weighted by Gasteiger charge is -2.08. The Balaban J connectivity index is 2.65. The molecule has 0 amide bonds. The van der Waals surface area contributed by atoms with Crippen molar-refractivity contribution in [1.29, 1.82) is 0 Å². The molecule has 0 spiro atoms. The van der Waals surface area contributed by atoms with E-state index in [1.54, 1.807) is 0 Å². The summed E-state index contributed by atoms with van der Waals surface area (Å²) in [5.41, 5.74) is 5.23. The first-order chi connectivity index (χ1) is 7.58. The summed E-state index contributed by atoms with van der Waals surface area (Å²) >= 11 is 0. The van der Waals surface area contributed by atoms with E-state index in [1.807, 2.05) is 6.92 Å². The monoisotopic (exact) mass is 214 g/mol. The highest BCUT2D eigenvalue weighted by Gasteiger charge is 2.05. The van der Waals surface area contributed by atoms with Crippen molar-refractivity contribution in [3.05, 3.63) is 51.6 Å². The van der Waals surface area contributed by atoms with Crippen molar-refractivity contribution in [2.45, 2.75) is 20.8 Å². The number of nitrogens with one attached hydrogen (secondary N) is 1. The van der Waals surface area contributed by atoms with Crippen LogP contribution >= 0.6 is 0 Å². The lowest BCUT2D eigenvalue weighted by Crippen LogP contribution is -2.05. The van der Waals surface area contributed by atoms with Crippen LogP contribution in [0.5, 0.6) is 0 Å². The van der Waals surface area contributed by atoms with Crippen LogP contribution in [0.15, 0.2) is 29.3 Å². The molecule has 3 nitrogen and oxygen atoms in total. The SMILES string of the molecule is Cc1cc(C)c(-c2cc(=O)[nH]cn2)cc1C. The van der Waals surface area contributed by atoms with Gasteiger partial charge in [-0.05, 0) is 43.5 Å². The normalized spacial score (nSPS) is 10.4. The number of rotatable bonds is 1. The van der Waals surface area contributed by atoms with E-state index in [-0.39, 0.29) is 5.56 Å². The van der Waals surface area contributed by atoms with Crippen LogP contribution in [0.2, 0.25) is 0 Å². The van der Waals surface area contributed by atoms with Gasteiger partial charge < -0.3 is 4.98 Å². The Bertz CT molecular complexity index is 585. The molecule has 0 aliphatic heterocycles. The Hall–Kier alpha value is -1.90. The third-order valence-corrected chi connectivity index (χ3v) is 2.79. The van der Waals surface area contributed by atoms with Crippen LogP contribution < -0.4 is 5.56 Å². The van der Waals surface area contributed by atoms with Crippen molar-refractivity contribution in [1.82, 2.24) is 9.97 Å². The van der Waals surface area contributed by atoms with Crippen LogP contribution in [0.3, 0.4) is 0 Å². The van der Waals surface area contributed by atoms with Gasteiger partial charge in [-0.25, -0.2) is 4.98 Å². The second-order valence-electron chi connectivity index (χ2n) is 4.05. The number of hydrogen-bond donors (Lipinski definition) is 1. The molecule has 0 fully saturated rings. The fraction of sp³-hybridized carbons (Fsp3) is 0.231. The number of aromatic amines is 1. The van der Waals surface area contributed by atoms with E-state index in [0.29, 0.717) is 0 Å². The first kappa shape index (κ1) is 10.6. The molecule has 1 N–H and O–H groups in total. The zero-order chi connectivity index (χ0) is 11.7. The van der Waals surface area contributed by atoms with Crippen LogP contribution in [0.4, 0.5) is 0 Å². The maximum atomic E-state index is 11.2. The van der Waals surface area contributed by atoms with E-state index in [9.17, 15) is 4.79 Å². The summed E-state index contributed by atoms with van der Waals surface area (Å²) in [5, 5.41) is 0. The summed E-state index contributed by atoms with van der Waals surface area (Å²) in [6.07, 6.45) is 1.44. The molecule has 2 rings (SSSR count). The molecular formula is C13H14N2O. The quantitative estimate of drug-likeness (QED) is 0.792. The van der Waals surface area contributed by atoms with E-state index < -0.39 is 0 Å². The third kappa shape index (κ3) is 1.89. The maximum Gasteiger partial charge on any atom is 0.251 e. The molecular weight excluding hydrogens is 200 g/mol. The largest absolute Gasteiger partial charge is 0.313 e. The molecule has 0 aliphatic carbocycles. The Morgan fingerprint density at radius 2 is 1.69 bits per heavy atom. The van der Waals surface area contributed by atoms with Gasteiger partial charge in [0.05, 0.1) is 12.0 Å². The van der Waals surface area contributed by atoms with Gasteiger partial charge in [0, 0.05) is 11.6 Å². The molecule has 0 bridgehead atoms. The van der Waals surface area contributed by atoms with Crippen molar-refractivity contribution in [2.24, 2.45) is 0 Å². The maximum absolute atomic E-state index is 11.2. The highest BCUT2D eigenvalue weighted by Crippen LogP contribution is 2.23. The second-order valence-corrected chi connectivity index (χ2v) is 4.05. The minimum Gasteiger partial charge on any atom is -0.313 e. The van der Waals surface area contributed by atoms with Crippen molar-refractivity contribution in [3.8, 4) is 11.3 Å². The summed E-state index contributed by atoms with van der Waals surface area (Å²) < 4.78 is 0. The zero-order valence-electron chi connectivity index (χ0n) is 9.66. The first-order valence-corrected chi connectivity index (χ1v) is 5.21. The summed E-state index contributed by atoms with van der Waals surface area (Å²) in [6.45, 7) is 6.17. The van der Waals surface area contributed by atoms with Gasteiger partial charge in [0.25, 0.3) is 5.56 Å². The summed E-state index contributed by atoms with van der Waals surface area (Å²) in [7, 11) is 0. The van der Waals surface area contributed by atoms with Crippen LogP contribution in [0, 0.1) is 20.8 Å². The van der Waals surface area contributed by atoms with E-state index in [0.717, 1.165) is 16.8 Å². The Morgan fingerprint density at radius 3 is 2.38 bits per heavy atom. The minimum atomic E-state index is -0.123. The lowest BCUT2D eigenvalue weighted by atomic mass is 9.99. The molecule has 1 aromatic heterocycles. The van der Waals surface area contributed by atoms with Gasteiger partial charge in [-0.1, -0.05) is 6.07 Å². The first-order valence-electron chi connectivity index (χ1n) is 5.21. The molecule has 0 unspecified atom stereocenters. The van der Waals surface area contributed by atoms with Gasteiger partial charge in [-0.2, -0.15) is 0 Å². The number of aryl methyl sites for hydroxylation is 3. The van der Waals surface area contributed by atoms with Crippen LogP contribution in [0.1, 0.15) is 16.7 Å². The van der Waals surface area contributed by atoms with E-state index in [2.05, 4.69) is 35.9 Å². The predicted octanol–water partition coefficient (Wildman–Crippen LogP) is 2.36. The van der Waals surface area contributed by atoms with E-state index in [1.165, 1.54) is 23.5 Å². The molecule has 3 heteroatoms. The van der Waals surface area contributed by atoms with Crippen molar-refractivity contribution >= 4 is 0 Å². The second kappa shape index (κ2) is 3.93. The zero-order valence-corrected chi connectivity index (χ0v) is 9.66. The van der Waals surface area contributed by atoms with Crippen LogP contribution in [-0.2, 0) is 0 Å². The van der Waals surface area contributed by atoms with Gasteiger partial charge >= 0.3 is 0 Å². The fourth-order valence-electron chi connectivity index (χ4n) is 1.75. The van der Waals surface area contributed by atoms with Gasteiger partial charge in [0.2, 0.25) is 0 Å². The average molecular weight is 214 g/mol. The molecule has 82 valence electrons. The van der Waals surface area contributed by atoms with Crippen molar-refractivity contribution in [3.63, 3.8) is 0 Å². The number of H-pyrrole nitrogens is 1. The van der Waals surface area contributed by atoms with Crippen molar-refractivity contribution in [2.75, 3.05) is 0 Å². The smallest absolute Gasteiger partial charge is 0.251 e. The van der Waals surface area contributed by atoms with Gasteiger partial charge in [-0.3, -0.25) is 4.79 Å². The lowest BCUT2D eigenvalue weighted by molar-refractivity contribution is 1.12. The molecule has 1 heterocycles. The molecule has 16 heavy (non-hydrogen) atoms. The molecule has 0 atom stereocenters.